The minimum Gasteiger partial charge on any atom is -0.365 e. The number of primary amides is 1. The van der Waals surface area contributed by atoms with Gasteiger partial charge in [-0.05, 0) is 31.2 Å². The molecule has 1 aliphatic carbocycles. The van der Waals surface area contributed by atoms with Gasteiger partial charge in [-0.3, -0.25) is 9.59 Å². The first-order chi connectivity index (χ1) is 8.80. The lowest BCUT2D eigenvalue weighted by Gasteiger charge is -2.17. The SMILES string of the molecule is CC(C)(C)C(=O)Nc1sc2c(c1C(N)=O)CCCC2. The highest BCUT2D eigenvalue weighted by Crippen LogP contribution is 2.38. The number of amides is 2. The molecule has 0 spiro atoms. The lowest BCUT2D eigenvalue weighted by atomic mass is 9.94. The third-order valence-electron chi connectivity index (χ3n) is 3.33. The average Bonchev–Trinajstić information content (AvgIpc) is 2.65. The fourth-order valence-corrected chi connectivity index (χ4v) is 3.49. The highest BCUT2D eigenvalue weighted by molar-refractivity contribution is 7.17. The van der Waals surface area contributed by atoms with Gasteiger partial charge in [0.1, 0.15) is 5.00 Å². The standard InChI is InChI=1S/C14H20N2O2S/c1-14(2,3)13(18)16-12-10(11(15)17)8-6-4-5-7-9(8)19-12/h4-7H2,1-3H3,(H2,15,17)(H,16,18). The molecule has 0 atom stereocenters. The molecule has 1 aliphatic rings. The fraction of sp³-hybridized carbons (Fsp3) is 0.571. The van der Waals surface area contributed by atoms with Crippen LogP contribution in [0.5, 0.6) is 0 Å². The maximum Gasteiger partial charge on any atom is 0.251 e. The lowest BCUT2D eigenvalue weighted by molar-refractivity contribution is -0.123. The number of anilines is 1. The Morgan fingerprint density at radius 1 is 1.21 bits per heavy atom. The summed E-state index contributed by atoms with van der Waals surface area (Å²) < 4.78 is 0. The van der Waals surface area contributed by atoms with Crippen molar-refractivity contribution in [1.82, 2.24) is 0 Å². The highest BCUT2D eigenvalue weighted by Gasteiger charge is 2.28. The number of carbonyl (C=O) groups is 2. The summed E-state index contributed by atoms with van der Waals surface area (Å²) in [4.78, 5) is 24.9. The Labute approximate surface area is 117 Å². The van der Waals surface area contributed by atoms with E-state index < -0.39 is 11.3 Å². The normalized spacial score (nSPS) is 14.9. The summed E-state index contributed by atoms with van der Waals surface area (Å²) in [7, 11) is 0. The zero-order chi connectivity index (χ0) is 14.2. The van der Waals surface area contributed by atoms with Crippen molar-refractivity contribution in [2.24, 2.45) is 11.1 Å². The van der Waals surface area contributed by atoms with Crippen LogP contribution in [0.3, 0.4) is 0 Å². The summed E-state index contributed by atoms with van der Waals surface area (Å²) in [6.45, 7) is 5.54. The van der Waals surface area contributed by atoms with Gasteiger partial charge in [-0.2, -0.15) is 0 Å². The predicted octanol–water partition coefficient (Wildman–Crippen LogP) is 2.71. The van der Waals surface area contributed by atoms with Crippen molar-refractivity contribution in [3.05, 3.63) is 16.0 Å². The molecular formula is C14H20N2O2S. The van der Waals surface area contributed by atoms with Crippen molar-refractivity contribution in [3.63, 3.8) is 0 Å². The largest absolute Gasteiger partial charge is 0.365 e. The molecule has 4 nitrogen and oxygen atoms in total. The molecule has 0 aliphatic heterocycles. The van der Waals surface area contributed by atoms with Crippen LogP contribution in [0.4, 0.5) is 5.00 Å². The number of rotatable bonds is 2. The van der Waals surface area contributed by atoms with Crippen LogP contribution >= 0.6 is 11.3 Å². The zero-order valence-electron chi connectivity index (χ0n) is 11.6. The average molecular weight is 280 g/mol. The predicted molar refractivity (Wildman–Crippen MR) is 77.6 cm³/mol. The molecule has 1 aromatic heterocycles. The van der Waals surface area contributed by atoms with Gasteiger partial charge in [0.15, 0.2) is 0 Å². The molecule has 19 heavy (non-hydrogen) atoms. The Balaban J connectivity index is 2.38. The number of thiophene rings is 1. The molecule has 0 bridgehead atoms. The first kappa shape index (κ1) is 14.1. The molecule has 0 saturated heterocycles. The van der Waals surface area contributed by atoms with E-state index in [1.165, 1.54) is 16.2 Å². The number of hydrogen-bond donors (Lipinski definition) is 2. The number of fused-ring (bicyclic) bond motifs is 1. The molecule has 5 heteroatoms. The molecule has 0 fully saturated rings. The van der Waals surface area contributed by atoms with Crippen molar-refractivity contribution >= 4 is 28.2 Å². The maximum atomic E-state index is 12.1. The van der Waals surface area contributed by atoms with Gasteiger partial charge in [0.25, 0.3) is 5.91 Å². The number of nitrogens with two attached hydrogens (primary N) is 1. The number of aryl methyl sites for hydroxylation is 1. The van der Waals surface area contributed by atoms with Gasteiger partial charge in [0.2, 0.25) is 5.91 Å². The Hall–Kier alpha value is -1.36. The van der Waals surface area contributed by atoms with E-state index in [0.717, 1.165) is 31.2 Å². The highest BCUT2D eigenvalue weighted by atomic mass is 32.1. The Bertz CT molecular complexity index is 526. The van der Waals surface area contributed by atoms with E-state index in [1.807, 2.05) is 20.8 Å². The zero-order valence-corrected chi connectivity index (χ0v) is 12.4. The van der Waals surface area contributed by atoms with Crippen molar-refractivity contribution in [1.29, 1.82) is 0 Å². The third-order valence-corrected chi connectivity index (χ3v) is 4.53. The van der Waals surface area contributed by atoms with Gasteiger partial charge in [0, 0.05) is 10.3 Å². The molecule has 3 N–H and O–H groups in total. The molecule has 0 aromatic carbocycles. The number of nitrogens with one attached hydrogen (secondary N) is 1. The van der Waals surface area contributed by atoms with Gasteiger partial charge >= 0.3 is 0 Å². The molecule has 0 saturated carbocycles. The third kappa shape index (κ3) is 2.81. The summed E-state index contributed by atoms with van der Waals surface area (Å²) in [5.74, 6) is -0.530. The van der Waals surface area contributed by atoms with Crippen LogP contribution in [-0.2, 0) is 17.6 Å². The van der Waals surface area contributed by atoms with Gasteiger partial charge in [-0.1, -0.05) is 20.8 Å². The van der Waals surface area contributed by atoms with E-state index in [1.54, 1.807) is 0 Å². The smallest absolute Gasteiger partial charge is 0.251 e. The summed E-state index contributed by atoms with van der Waals surface area (Å²) in [6.07, 6.45) is 4.08. The summed E-state index contributed by atoms with van der Waals surface area (Å²) >= 11 is 1.50. The summed E-state index contributed by atoms with van der Waals surface area (Å²) in [5, 5.41) is 3.49. The quantitative estimate of drug-likeness (QED) is 0.874. The molecule has 1 aromatic rings. The van der Waals surface area contributed by atoms with E-state index in [4.69, 9.17) is 5.73 Å². The number of hydrogen-bond acceptors (Lipinski definition) is 3. The van der Waals surface area contributed by atoms with Crippen LogP contribution in [0.1, 0.15) is 54.4 Å². The monoisotopic (exact) mass is 280 g/mol. The minimum atomic E-state index is -0.487. The fourth-order valence-electron chi connectivity index (χ4n) is 2.21. The van der Waals surface area contributed by atoms with E-state index >= 15 is 0 Å². The van der Waals surface area contributed by atoms with Crippen molar-refractivity contribution in [3.8, 4) is 0 Å². The van der Waals surface area contributed by atoms with Gasteiger partial charge in [0.05, 0.1) is 5.56 Å². The molecule has 0 unspecified atom stereocenters. The van der Waals surface area contributed by atoms with Crippen molar-refractivity contribution in [2.45, 2.75) is 46.5 Å². The Morgan fingerprint density at radius 2 is 1.84 bits per heavy atom. The van der Waals surface area contributed by atoms with Crippen LogP contribution in [0.25, 0.3) is 0 Å². The van der Waals surface area contributed by atoms with Crippen LogP contribution < -0.4 is 11.1 Å². The molecule has 2 amide bonds. The minimum absolute atomic E-state index is 0.0893. The van der Waals surface area contributed by atoms with E-state index in [-0.39, 0.29) is 5.91 Å². The van der Waals surface area contributed by atoms with Gasteiger partial charge in [-0.25, -0.2) is 0 Å². The Kier molecular flexibility index (Phi) is 3.67. The second-order valence-electron chi connectivity index (χ2n) is 5.98. The lowest BCUT2D eigenvalue weighted by Crippen LogP contribution is -2.28. The topological polar surface area (TPSA) is 72.2 Å². The van der Waals surface area contributed by atoms with Gasteiger partial charge < -0.3 is 11.1 Å². The second kappa shape index (κ2) is 4.96. The van der Waals surface area contributed by atoms with Crippen LogP contribution in [0.2, 0.25) is 0 Å². The molecule has 1 heterocycles. The molecule has 0 radical (unpaired) electrons. The van der Waals surface area contributed by atoms with Crippen LogP contribution in [0.15, 0.2) is 0 Å². The molecular weight excluding hydrogens is 260 g/mol. The maximum absolute atomic E-state index is 12.1. The summed E-state index contributed by atoms with van der Waals surface area (Å²) in [6, 6.07) is 0. The van der Waals surface area contributed by atoms with Crippen molar-refractivity contribution in [2.75, 3.05) is 5.32 Å². The first-order valence-electron chi connectivity index (χ1n) is 6.56. The summed E-state index contributed by atoms with van der Waals surface area (Å²) in [5.41, 5.74) is 6.57. The van der Waals surface area contributed by atoms with Crippen molar-refractivity contribution < 1.29 is 9.59 Å². The molecule has 104 valence electrons. The van der Waals surface area contributed by atoms with Crippen LogP contribution in [0, 0.1) is 5.41 Å². The van der Waals surface area contributed by atoms with Crippen LogP contribution in [-0.4, -0.2) is 11.8 Å². The molecule has 2 rings (SSSR count). The van der Waals surface area contributed by atoms with E-state index in [2.05, 4.69) is 5.32 Å². The van der Waals surface area contributed by atoms with E-state index in [9.17, 15) is 9.59 Å². The Morgan fingerprint density at radius 3 is 2.42 bits per heavy atom. The second-order valence-corrected chi connectivity index (χ2v) is 7.09. The number of carbonyl (C=O) groups excluding carboxylic acids is 2. The van der Waals surface area contributed by atoms with Gasteiger partial charge in [-0.15, -0.1) is 11.3 Å². The first-order valence-corrected chi connectivity index (χ1v) is 7.38. The van der Waals surface area contributed by atoms with E-state index in [0.29, 0.717) is 10.6 Å².